The number of nitrogens with one attached hydrogen (secondary N) is 1. The summed E-state index contributed by atoms with van der Waals surface area (Å²) in [6, 6.07) is 9.44. The molecule has 1 saturated heterocycles. The van der Waals surface area contributed by atoms with Gasteiger partial charge in [0, 0.05) is 6.54 Å². The predicted molar refractivity (Wildman–Crippen MR) is 80.5 cm³/mol. The Bertz CT molecular complexity index is 533. The van der Waals surface area contributed by atoms with E-state index >= 15 is 0 Å². The molecule has 1 aliphatic carbocycles. The lowest BCUT2D eigenvalue weighted by molar-refractivity contribution is -0.144. The molecule has 4 heteroatoms. The number of rotatable bonds is 2. The van der Waals surface area contributed by atoms with Gasteiger partial charge in [0.15, 0.2) is 0 Å². The monoisotopic (exact) mass is 286 g/mol. The third-order valence-electron chi connectivity index (χ3n) is 4.94. The molecule has 0 atom stereocenters. The van der Waals surface area contributed by atoms with E-state index in [4.69, 9.17) is 0 Å². The maximum absolute atomic E-state index is 12.9. The molecular weight excluding hydrogens is 264 g/mol. The summed E-state index contributed by atoms with van der Waals surface area (Å²) < 4.78 is 0. The van der Waals surface area contributed by atoms with Crippen LogP contribution in [0.1, 0.15) is 38.2 Å². The molecule has 21 heavy (non-hydrogen) atoms. The third kappa shape index (κ3) is 2.67. The van der Waals surface area contributed by atoms with Crippen molar-refractivity contribution in [1.29, 1.82) is 0 Å². The van der Waals surface area contributed by atoms with E-state index in [0.29, 0.717) is 19.0 Å². The van der Waals surface area contributed by atoms with Crippen LogP contribution in [0.5, 0.6) is 0 Å². The Morgan fingerprint density at radius 3 is 2.52 bits per heavy atom. The molecule has 0 bridgehead atoms. The molecule has 1 spiro atoms. The standard InChI is InChI=1S/C17H22N2O2/c1-13-7-9-17(10-8-13)12-18-16(21)19(15(17)20)11-14-5-3-2-4-6-14/h2-6,13H,7-12H2,1H3,(H,18,21). The number of carbonyl (C=O) groups excluding carboxylic acids is 2. The average molecular weight is 286 g/mol. The van der Waals surface area contributed by atoms with Crippen LogP contribution >= 0.6 is 0 Å². The van der Waals surface area contributed by atoms with Crippen molar-refractivity contribution >= 4 is 11.9 Å². The van der Waals surface area contributed by atoms with E-state index in [1.54, 1.807) is 0 Å². The minimum Gasteiger partial charge on any atom is -0.337 e. The van der Waals surface area contributed by atoms with Gasteiger partial charge in [0.05, 0.1) is 12.0 Å². The smallest absolute Gasteiger partial charge is 0.324 e. The van der Waals surface area contributed by atoms with Crippen LogP contribution in [-0.2, 0) is 11.3 Å². The summed E-state index contributed by atoms with van der Waals surface area (Å²) in [4.78, 5) is 26.4. The van der Waals surface area contributed by atoms with Gasteiger partial charge in [-0.15, -0.1) is 0 Å². The van der Waals surface area contributed by atoms with Crippen LogP contribution in [-0.4, -0.2) is 23.4 Å². The summed E-state index contributed by atoms with van der Waals surface area (Å²) in [6.07, 6.45) is 3.92. The second-order valence-electron chi connectivity index (χ2n) is 6.50. The fraction of sp³-hybridized carbons (Fsp3) is 0.529. The van der Waals surface area contributed by atoms with Crippen molar-refractivity contribution in [3.8, 4) is 0 Å². The highest BCUT2D eigenvalue weighted by molar-refractivity contribution is 6.00. The van der Waals surface area contributed by atoms with E-state index in [2.05, 4.69) is 12.2 Å². The fourth-order valence-electron chi connectivity index (χ4n) is 3.41. The molecule has 0 unspecified atom stereocenters. The van der Waals surface area contributed by atoms with Crippen molar-refractivity contribution in [1.82, 2.24) is 10.2 Å². The van der Waals surface area contributed by atoms with Crippen molar-refractivity contribution in [2.24, 2.45) is 11.3 Å². The second-order valence-corrected chi connectivity index (χ2v) is 6.50. The van der Waals surface area contributed by atoms with Gasteiger partial charge in [0.1, 0.15) is 0 Å². The van der Waals surface area contributed by atoms with Crippen molar-refractivity contribution < 1.29 is 9.59 Å². The Balaban J connectivity index is 1.79. The molecule has 1 aromatic carbocycles. The van der Waals surface area contributed by atoms with Crippen LogP contribution in [0, 0.1) is 11.3 Å². The van der Waals surface area contributed by atoms with Crippen LogP contribution in [0.2, 0.25) is 0 Å². The molecule has 0 radical (unpaired) electrons. The Kier molecular flexibility index (Phi) is 3.70. The maximum atomic E-state index is 12.9. The largest absolute Gasteiger partial charge is 0.337 e. The minimum atomic E-state index is -0.366. The number of benzene rings is 1. The third-order valence-corrected chi connectivity index (χ3v) is 4.94. The van der Waals surface area contributed by atoms with Gasteiger partial charge in [-0.05, 0) is 37.2 Å². The first-order valence-corrected chi connectivity index (χ1v) is 7.74. The quantitative estimate of drug-likeness (QED) is 0.908. The normalized spacial score (nSPS) is 29.6. The Hall–Kier alpha value is -1.84. The molecule has 4 nitrogen and oxygen atoms in total. The number of urea groups is 1. The lowest BCUT2D eigenvalue weighted by Gasteiger charge is -2.44. The summed E-state index contributed by atoms with van der Waals surface area (Å²) in [5, 5.41) is 2.92. The first-order chi connectivity index (χ1) is 10.1. The van der Waals surface area contributed by atoms with Gasteiger partial charge in [0.25, 0.3) is 0 Å². The number of nitrogens with zero attached hydrogens (tertiary/aromatic N) is 1. The second kappa shape index (κ2) is 5.51. The molecule has 1 aliphatic heterocycles. The highest BCUT2D eigenvalue weighted by Crippen LogP contribution is 2.41. The van der Waals surface area contributed by atoms with E-state index in [1.807, 2.05) is 30.3 Å². The van der Waals surface area contributed by atoms with Crippen molar-refractivity contribution in [3.05, 3.63) is 35.9 Å². The summed E-state index contributed by atoms with van der Waals surface area (Å²) >= 11 is 0. The van der Waals surface area contributed by atoms with Crippen LogP contribution in [0.15, 0.2) is 30.3 Å². The number of hydrogen-bond acceptors (Lipinski definition) is 2. The summed E-state index contributed by atoms with van der Waals surface area (Å²) in [5.41, 5.74) is 0.622. The maximum Gasteiger partial charge on any atom is 0.324 e. The molecule has 1 aromatic rings. The van der Waals surface area contributed by atoms with Crippen LogP contribution < -0.4 is 5.32 Å². The lowest BCUT2D eigenvalue weighted by atomic mass is 9.69. The topological polar surface area (TPSA) is 49.4 Å². The highest BCUT2D eigenvalue weighted by atomic mass is 16.2. The zero-order valence-electron chi connectivity index (χ0n) is 12.5. The average Bonchev–Trinajstić information content (AvgIpc) is 2.51. The number of hydrogen-bond donors (Lipinski definition) is 1. The number of amides is 3. The van der Waals surface area contributed by atoms with Gasteiger partial charge >= 0.3 is 6.03 Å². The summed E-state index contributed by atoms with van der Waals surface area (Å²) in [6.45, 7) is 3.10. The van der Waals surface area contributed by atoms with Crippen molar-refractivity contribution in [2.45, 2.75) is 39.2 Å². The lowest BCUT2D eigenvalue weighted by Crippen LogP contribution is -2.61. The van der Waals surface area contributed by atoms with E-state index < -0.39 is 0 Å². The minimum absolute atomic E-state index is 0.0157. The molecule has 1 heterocycles. The van der Waals surface area contributed by atoms with E-state index in [9.17, 15) is 9.59 Å². The van der Waals surface area contributed by atoms with Crippen LogP contribution in [0.4, 0.5) is 4.79 Å². The summed E-state index contributed by atoms with van der Waals surface area (Å²) in [5.74, 6) is 0.700. The fourth-order valence-corrected chi connectivity index (χ4v) is 3.41. The molecule has 2 fully saturated rings. The molecule has 2 aliphatic rings. The molecule has 1 saturated carbocycles. The first-order valence-electron chi connectivity index (χ1n) is 7.74. The first kappa shape index (κ1) is 14.1. The van der Waals surface area contributed by atoms with Gasteiger partial charge in [0.2, 0.25) is 5.91 Å². The SMILES string of the molecule is CC1CCC2(CC1)CNC(=O)N(Cc1ccccc1)C2=O. The van der Waals surface area contributed by atoms with Gasteiger partial charge in [-0.25, -0.2) is 4.79 Å². The number of carbonyl (C=O) groups is 2. The van der Waals surface area contributed by atoms with Gasteiger partial charge in [-0.2, -0.15) is 0 Å². The van der Waals surface area contributed by atoms with Crippen LogP contribution in [0.25, 0.3) is 0 Å². The van der Waals surface area contributed by atoms with Gasteiger partial charge < -0.3 is 5.32 Å². The molecule has 3 amide bonds. The van der Waals surface area contributed by atoms with Crippen molar-refractivity contribution in [2.75, 3.05) is 6.54 Å². The molecular formula is C17H22N2O2. The zero-order valence-corrected chi connectivity index (χ0v) is 12.5. The van der Waals surface area contributed by atoms with Crippen molar-refractivity contribution in [3.63, 3.8) is 0 Å². The van der Waals surface area contributed by atoms with E-state index in [-0.39, 0.29) is 17.4 Å². The highest BCUT2D eigenvalue weighted by Gasteiger charge is 2.48. The van der Waals surface area contributed by atoms with Gasteiger partial charge in [-0.3, -0.25) is 9.69 Å². The Morgan fingerprint density at radius 2 is 1.86 bits per heavy atom. The Labute approximate surface area is 125 Å². The predicted octanol–water partition coefficient (Wildman–Crippen LogP) is 2.93. The molecule has 112 valence electrons. The molecule has 3 rings (SSSR count). The molecule has 1 N–H and O–H groups in total. The zero-order chi connectivity index (χ0) is 14.9. The summed E-state index contributed by atoms with van der Waals surface area (Å²) in [7, 11) is 0. The number of imide groups is 1. The van der Waals surface area contributed by atoms with E-state index in [0.717, 1.165) is 31.2 Å². The molecule has 0 aromatic heterocycles. The Morgan fingerprint density at radius 1 is 1.19 bits per heavy atom. The van der Waals surface area contributed by atoms with Crippen LogP contribution in [0.3, 0.4) is 0 Å². The van der Waals surface area contributed by atoms with Gasteiger partial charge in [-0.1, -0.05) is 37.3 Å². The van der Waals surface area contributed by atoms with E-state index in [1.165, 1.54) is 4.90 Å².